The average Bonchev–Trinajstić information content (AvgIpc) is 3.20. The first-order valence-electron chi connectivity index (χ1n) is 9.69. The van der Waals surface area contributed by atoms with Crippen molar-refractivity contribution in [1.29, 1.82) is 0 Å². The number of amidine groups is 1. The monoisotopic (exact) mass is 477 g/mol. The zero-order valence-corrected chi connectivity index (χ0v) is 20.1. The van der Waals surface area contributed by atoms with Crippen LogP contribution in [-0.4, -0.2) is 29.6 Å². The summed E-state index contributed by atoms with van der Waals surface area (Å²) in [6, 6.07) is 11.5. The van der Waals surface area contributed by atoms with Gasteiger partial charge in [-0.1, -0.05) is 54.4 Å². The second-order valence-corrected chi connectivity index (χ2v) is 10.00. The molecular formula is C22H21Cl2N3OS2. The molecule has 1 fully saturated rings. The lowest BCUT2D eigenvalue weighted by Gasteiger charge is -2.16. The van der Waals surface area contributed by atoms with Gasteiger partial charge in [-0.2, -0.15) is 0 Å². The van der Waals surface area contributed by atoms with E-state index in [-0.39, 0.29) is 5.91 Å². The number of aliphatic imine (C=N–C) groups is 1. The van der Waals surface area contributed by atoms with E-state index >= 15 is 0 Å². The molecule has 2 aliphatic rings. The molecule has 0 bridgehead atoms. The van der Waals surface area contributed by atoms with Gasteiger partial charge in [0.05, 0.1) is 16.4 Å². The zero-order valence-electron chi connectivity index (χ0n) is 16.9. The number of benzene rings is 2. The van der Waals surface area contributed by atoms with Gasteiger partial charge in [0, 0.05) is 28.5 Å². The van der Waals surface area contributed by atoms with Crippen molar-refractivity contribution >= 4 is 69.2 Å². The molecular weight excluding hydrogens is 457 g/mol. The summed E-state index contributed by atoms with van der Waals surface area (Å²) >= 11 is 15.5. The average molecular weight is 478 g/mol. The number of hydrogen-bond acceptors (Lipinski definition) is 5. The molecule has 0 aromatic heterocycles. The summed E-state index contributed by atoms with van der Waals surface area (Å²) in [7, 11) is 1.97. The number of thioether (sulfide) groups is 2. The Morgan fingerprint density at radius 3 is 2.63 bits per heavy atom. The first-order valence-corrected chi connectivity index (χ1v) is 12.1. The molecule has 2 heterocycles. The smallest absolute Gasteiger partial charge is 0.269 e. The molecule has 0 radical (unpaired) electrons. The second kappa shape index (κ2) is 8.87. The molecule has 0 spiro atoms. The molecule has 2 aromatic carbocycles. The second-order valence-electron chi connectivity index (χ2n) is 7.15. The van der Waals surface area contributed by atoms with Gasteiger partial charge in [-0.05, 0) is 61.0 Å². The minimum Gasteiger partial charge on any atom is -0.337 e. The Morgan fingerprint density at radius 1 is 1.10 bits per heavy atom. The third-order valence-electron chi connectivity index (χ3n) is 4.97. The number of halogens is 2. The summed E-state index contributed by atoms with van der Waals surface area (Å²) in [5, 5.41) is 2.96. The highest BCUT2D eigenvalue weighted by atomic mass is 35.5. The quantitative estimate of drug-likeness (QED) is 0.440. The number of fused-ring (bicyclic) bond motifs is 1. The van der Waals surface area contributed by atoms with Crippen LogP contribution in [0.4, 0.5) is 11.4 Å². The molecule has 4 rings (SSSR count). The number of hydrogen-bond donors (Lipinski definition) is 0. The highest BCUT2D eigenvalue weighted by Gasteiger charge is 2.38. The summed E-state index contributed by atoms with van der Waals surface area (Å²) in [4.78, 5) is 23.7. The van der Waals surface area contributed by atoms with E-state index in [1.807, 2.05) is 55.3 Å². The Morgan fingerprint density at radius 2 is 1.90 bits per heavy atom. The minimum absolute atomic E-state index is 0.00124. The fourth-order valence-electron chi connectivity index (χ4n) is 3.21. The van der Waals surface area contributed by atoms with E-state index < -0.39 is 0 Å². The molecule has 0 atom stereocenters. The van der Waals surface area contributed by atoms with Crippen LogP contribution >= 0.6 is 46.7 Å². The van der Waals surface area contributed by atoms with Gasteiger partial charge in [0.25, 0.3) is 5.91 Å². The summed E-state index contributed by atoms with van der Waals surface area (Å²) in [6.07, 6.45) is 1.92. The SMILES string of the molecule is CCCCN1C(=O)/C(=C2/Sc3ccc(Cl)cc3N2C)SC1=Nc1ccc(C)c(Cl)c1. The van der Waals surface area contributed by atoms with Crippen LogP contribution in [0, 0.1) is 6.92 Å². The van der Waals surface area contributed by atoms with E-state index in [4.69, 9.17) is 28.2 Å². The highest BCUT2D eigenvalue weighted by Crippen LogP contribution is 2.50. The Bertz CT molecular complexity index is 1080. The molecule has 2 aromatic rings. The normalized spacial score (nSPS) is 19.9. The summed E-state index contributed by atoms with van der Waals surface area (Å²) in [5.74, 6) is -0.00124. The summed E-state index contributed by atoms with van der Waals surface area (Å²) < 4.78 is 0. The van der Waals surface area contributed by atoms with Gasteiger partial charge in [0.15, 0.2) is 5.17 Å². The lowest BCUT2D eigenvalue weighted by atomic mass is 10.2. The maximum absolute atomic E-state index is 13.4. The molecule has 1 saturated heterocycles. The molecule has 0 saturated carbocycles. The van der Waals surface area contributed by atoms with Gasteiger partial charge < -0.3 is 4.90 Å². The minimum atomic E-state index is -0.00124. The van der Waals surface area contributed by atoms with Crippen molar-refractivity contribution in [3.63, 3.8) is 0 Å². The van der Waals surface area contributed by atoms with Gasteiger partial charge in [0.2, 0.25) is 0 Å². The Kier molecular flexibility index (Phi) is 6.39. The van der Waals surface area contributed by atoms with Crippen molar-refractivity contribution in [1.82, 2.24) is 4.90 Å². The van der Waals surface area contributed by atoms with Crippen LogP contribution in [0.2, 0.25) is 10.0 Å². The lowest BCUT2D eigenvalue weighted by Crippen LogP contribution is -2.30. The summed E-state index contributed by atoms with van der Waals surface area (Å²) in [5.41, 5.74) is 2.76. The van der Waals surface area contributed by atoms with E-state index in [0.29, 0.717) is 26.7 Å². The van der Waals surface area contributed by atoms with Crippen molar-refractivity contribution in [3.8, 4) is 0 Å². The van der Waals surface area contributed by atoms with Crippen molar-refractivity contribution in [2.45, 2.75) is 31.6 Å². The van der Waals surface area contributed by atoms with Gasteiger partial charge in [0.1, 0.15) is 4.91 Å². The van der Waals surface area contributed by atoms with Gasteiger partial charge in [-0.25, -0.2) is 4.99 Å². The van der Waals surface area contributed by atoms with Crippen LogP contribution in [0.5, 0.6) is 0 Å². The molecule has 4 nitrogen and oxygen atoms in total. The van der Waals surface area contributed by atoms with Crippen molar-refractivity contribution in [2.24, 2.45) is 4.99 Å². The number of unbranched alkanes of at least 4 members (excludes halogenated alkanes) is 1. The third-order valence-corrected chi connectivity index (χ3v) is 8.04. The number of carbonyl (C=O) groups excluding carboxylic acids is 1. The Labute approximate surface area is 195 Å². The van der Waals surface area contributed by atoms with E-state index in [9.17, 15) is 4.79 Å². The first-order chi connectivity index (χ1) is 14.4. The van der Waals surface area contributed by atoms with Crippen LogP contribution in [0.15, 0.2) is 56.2 Å². The molecule has 1 amide bonds. The maximum Gasteiger partial charge on any atom is 0.269 e. The van der Waals surface area contributed by atoms with Gasteiger partial charge in [-0.15, -0.1) is 0 Å². The number of anilines is 1. The number of amides is 1. The standard InChI is InChI=1S/C22H21Cl2N3OS2/c1-4-5-10-27-20(28)19(21-26(3)17-11-14(23)7-9-18(17)29-21)30-22(27)25-15-8-6-13(2)16(24)12-15/h6-9,11-12H,4-5,10H2,1-3H3/b21-19-,25-22?. The van der Waals surface area contributed by atoms with E-state index in [1.165, 1.54) is 11.8 Å². The fourth-order valence-corrected chi connectivity index (χ4v) is 5.90. The molecule has 2 aliphatic heterocycles. The predicted molar refractivity (Wildman–Crippen MR) is 130 cm³/mol. The number of carbonyl (C=O) groups is 1. The van der Waals surface area contributed by atoms with Crippen molar-refractivity contribution in [2.75, 3.05) is 18.5 Å². The maximum atomic E-state index is 13.4. The predicted octanol–water partition coefficient (Wildman–Crippen LogP) is 7.08. The van der Waals surface area contributed by atoms with Crippen LogP contribution in [0.25, 0.3) is 0 Å². The number of rotatable bonds is 4. The topological polar surface area (TPSA) is 35.9 Å². The van der Waals surface area contributed by atoms with Crippen molar-refractivity contribution in [3.05, 3.63) is 61.9 Å². The van der Waals surface area contributed by atoms with Crippen molar-refractivity contribution < 1.29 is 4.79 Å². The largest absolute Gasteiger partial charge is 0.337 e. The summed E-state index contributed by atoms with van der Waals surface area (Å²) in [6.45, 7) is 4.72. The van der Waals surface area contributed by atoms with Crippen LogP contribution in [-0.2, 0) is 4.79 Å². The third kappa shape index (κ3) is 4.11. The zero-order chi connectivity index (χ0) is 21.4. The van der Waals surface area contributed by atoms with Gasteiger partial charge >= 0.3 is 0 Å². The number of nitrogens with zero attached hydrogens (tertiary/aromatic N) is 3. The van der Waals surface area contributed by atoms with Crippen LogP contribution < -0.4 is 4.90 Å². The Balaban J connectivity index is 1.72. The fraction of sp³-hybridized carbons (Fsp3) is 0.273. The highest BCUT2D eigenvalue weighted by molar-refractivity contribution is 8.19. The van der Waals surface area contributed by atoms with Crippen LogP contribution in [0.3, 0.4) is 0 Å². The van der Waals surface area contributed by atoms with E-state index in [0.717, 1.165) is 39.7 Å². The molecule has 30 heavy (non-hydrogen) atoms. The molecule has 8 heteroatoms. The first kappa shape index (κ1) is 21.6. The van der Waals surface area contributed by atoms with Crippen LogP contribution in [0.1, 0.15) is 25.3 Å². The number of aryl methyl sites for hydroxylation is 1. The van der Waals surface area contributed by atoms with Gasteiger partial charge in [-0.3, -0.25) is 9.69 Å². The molecule has 0 N–H and O–H groups in total. The Hall–Kier alpha value is -1.60. The van der Waals surface area contributed by atoms with E-state index in [2.05, 4.69) is 6.92 Å². The molecule has 156 valence electrons. The lowest BCUT2D eigenvalue weighted by molar-refractivity contribution is -0.122. The molecule has 0 aliphatic carbocycles. The molecule has 0 unspecified atom stereocenters. The van der Waals surface area contributed by atoms with E-state index in [1.54, 1.807) is 16.7 Å².